The first-order valence-corrected chi connectivity index (χ1v) is 11.2. The first-order valence-electron chi connectivity index (χ1n) is 8.95. The van der Waals surface area contributed by atoms with E-state index in [1.165, 1.54) is 4.52 Å². The third-order valence-electron chi connectivity index (χ3n) is 4.30. The maximum absolute atomic E-state index is 12.6. The van der Waals surface area contributed by atoms with Crippen molar-refractivity contribution in [3.63, 3.8) is 0 Å². The van der Waals surface area contributed by atoms with Crippen LogP contribution in [0.5, 0.6) is 0 Å². The predicted molar refractivity (Wildman–Crippen MR) is 107 cm³/mol. The van der Waals surface area contributed by atoms with Gasteiger partial charge >= 0.3 is 6.09 Å². The summed E-state index contributed by atoms with van der Waals surface area (Å²) in [4.78, 5) is 17.9. The minimum absolute atomic E-state index is 0.00945. The first-order chi connectivity index (χ1) is 12.9. The average molecular weight is 474 g/mol. The largest absolute Gasteiger partial charge is 0.444 e. The van der Waals surface area contributed by atoms with Gasteiger partial charge in [0.25, 0.3) is 15.2 Å². The fraction of sp³-hybridized carbons (Fsp3) is 0.588. The molecule has 9 nitrogen and oxygen atoms in total. The van der Waals surface area contributed by atoms with Gasteiger partial charge in [0.1, 0.15) is 5.60 Å². The van der Waals surface area contributed by atoms with Gasteiger partial charge in [0.15, 0.2) is 5.65 Å². The molecule has 1 N–H and O–H groups in total. The van der Waals surface area contributed by atoms with Crippen molar-refractivity contribution in [1.82, 2.24) is 24.2 Å². The summed E-state index contributed by atoms with van der Waals surface area (Å²) in [5.41, 5.74) is 0.742. The number of halogens is 1. The van der Waals surface area contributed by atoms with Crippen molar-refractivity contribution in [3.8, 4) is 0 Å². The smallest absolute Gasteiger partial charge is 0.410 e. The first kappa shape index (κ1) is 21.0. The zero-order valence-electron chi connectivity index (χ0n) is 16.3. The molecule has 11 heteroatoms. The van der Waals surface area contributed by atoms with Gasteiger partial charge in [-0.25, -0.2) is 22.4 Å². The molecule has 0 radical (unpaired) electrons. The van der Waals surface area contributed by atoms with Crippen LogP contribution in [0.25, 0.3) is 5.65 Å². The number of likely N-dealkylation sites (tertiary alicyclic amines) is 1. The van der Waals surface area contributed by atoms with Crippen molar-refractivity contribution >= 4 is 37.7 Å². The summed E-state index contributed by atoms with van der Waals surface area (Å²) in [5.74, 6) is 0.00945. The Morgan fingerprint density at radius 1 is 1.43 bits per heavy atom. The van der Waals surface area contributed by atoms with E-state index >= 15 is 0 Å². The molecule has 1 aliphatic heterocycles. The minimum atomic E-state index is -3.85. The van der Waals surface area contributed by atoms with Crippen LogP contribution < -0.4 is 4.72 Å². The molecule has 0 bridgehead atoms. The summed E-state index contributed by atoms with van der Waals surface area (Å²) in [7, 11) is -3.85. The summed E-state index contributed by atoms with van der Waals surface area (Å²) in [6.45, 7) is 8.48. The quantitative estimate of drug-likeness (QED) is 0.729. The van der Waals surface area contributed by atoms with Gasteiger partial charge in [-0.05, 0) is 67.6 Å². The highest BCUT2D eigenvalue weighted by molar-refractivity contribution is 9.10. The summed E-state index contributed by atoms with van der Waals surface area (Å²) in [5, 5.41) is 3.81. The normalized spacial score (nSPS) is 18.0. The fourth-order valence-electron chi connectivity index (χ4n) is 2.99. The van der Waals surface area contributed by atoms with Crippen LogP contribution in [0.2, 0.25) is 0 Å². The molecular weight excluding hydrogens is 450 g/mol. The van der Waals surface area contributed by atoms with E-state index in [9.17, 15) is 13.2 Å². The number of hydrogen-bond acceptors (Lipinski definition) is 6. The molecule has 1 fully saturated rings. The number of hydrogen-bond donors (Lipinski definition) is 1. The second-order valence-electron chi connectivity index (χ2n) is 7.94. The van der Waals surface area contributed by atoms with Gasteiger partial charge in [0, 0.05) is 30.3 Å². The lowest BCUT2D eigenvalue weighted by molar-refractivity contribution is 0.0288. The number of nitrogens with one attached hydrogen (secondary N) is 1. The van der Waals surface area contributed by atoms with Crippen molar-refractivity contribution in [2.75, 3.05) is 19.6 Å². The van der Waals surface area contributed by atoms with Crippen LogP contribution in [0.3, 0.4) is 0 Å². The highest BCUT2D eigenvalue weighted by Crippen LogP contribution is 2.20. The number of aromatic nitrogens is 3. The van der Waals surface area contributed by atoms with Crippen LogP contribution >= 0.6 is 15.9 Å². The SMILES string of the molecule is Cc1cc(Br)cn2nc(S(=O)(=O)NCC3CCN(C(=O)OC(C)(C)C)C3)nc12. The predicted octanol–water partition coefficient (Wildman–Crippen LogP) is 2.34. The molecule has 0 aliphatic carbocycles. The summed E-state index contributed by atoms with van der Waals surface area (Å²) in [6, 6.07) is 1.84. The van der Waals surface area contributed by atoms with Gasteiger partial charge in [-0.15, -0.1) is 5.10 Å². The lowest BCUT2D eigenvalue weighted by Crippen LogP contribution is -2.36. The second kappa shape index (κ2) is 7.60. The monoisotopic (exact) mass is 473 g/mol. The van der Waals surface area contributed by atoms with E-state index in [0.717, 1.165) is 10.0 Å². The number of carbonyl (C=O) groups is 1. The van der Waals surface area contributed by atoms with Crippen molar-refractivity contribution in [2.24, 2.45) is 5.92 Å². The molecule has 3 heterocycles. The molecule has 0 aromatic carbocycles. The number of ether oxygens (including phenoxy) is 1. The molecule has 2 aromatic heterocycles. The van der Waals surface area contributed by atoms with Gasteiger partial charge in [-0.3, -0.25) is 0 Å². The molecule has 154 valence electrons. The van der Waals surface area contributed by atoms with Crippen LogP contribution in [-0.2, 0) is 14.8 Å². The molecule has 1 saturated heterocycles. The molecule has 3 rings (SSSR count). The lowest BCUT2D eigenvalue weighted by Gasteiger charge is -2.24. The van der Waals surface area contributed by atoms with Crippen molar-refractivity contribution in [2.45, 2.75) is 44.9 Å². The number of rotatable bonds is 4. The average Bonchev–Trinajstić information content (AvgIpc) is 3.18. The van der Waals surface area contributed by atoms with Crippen molar-refractivity contribution in [3.05, 3.63) is 22.3 Å². The van der Waals surface area contributed by atoms with Gasteiger partial charge in [0.05, 0.1) is 0 Å². The zero-order chi connectivity index (χ0) is 20.7. The Balaban J connectivity index is 1.63. The number of nitrogens with zero attached hydrogens (tertiary/aromatic N) is 4. The Morgan fingerprint density at radius 2 is 2.14 bits per heavy atom. The molecule has 28 heavy (non-hydrogen) atoms. The fourth-order valence-corrected chi connectivity index (χ4v) is 4.51. The van der Waals surface area contributed by atoms with Crippen LogP contribution in [-0.4, -0.2) is 59.2 Å². The number of aryl methyl sites for hydroxylation is 1. The van der Waals surface area contributed by atoms with Gasteiger partial charge in [-0.2, -0.15) is 4.98 Å². The van der Waals surface area contributed by atoms with Crippen LogP contribution in [0.4, 0.5) is 4.79 Å². The number of amides is 1. The maximum Gasteiger partial charge on any atom is 0.410 e. The van der Waals surface area contributed by atoms with E-state index in [0.29, 0.717) is 25.2 Å². The van der Waals surface area contributed by atoms with Gasteiger partial charge < -0.3 is 9.64 Å². The van der Waals surface area contributed by atoms with Gasteiger partial charge in [0.2, 0.25) is 0 Å². The number of fused-ring (bicyclic) bond motifs is 1. The molecule has 1 aliphatic rings. The number of sulfonamides is 1. The lowest BCUT2D eigenvalue weighted by atomic mass is 10.1. The third-order valence-corrected chi connectivity index (χ3v) is 5.94. The Labute approximate surface area is 172 Å². The van der Waals surface area contributed by atoms with E-state index in [1.807, 2.05) is 33.8 Å². The van der Waals surface area contributed by atoms with E-state index in [1.54, 1.807) is 11.1 Å². The van der Waals surface area contributed by atoms with Crippen LogP contribution in [0, 0.1) is 12.8 Å². The van der Waals surface area contributed by atoms with E-state index in [2.05, 4.69) is 30.7 Å². The van der Waals surface area contributed by atoms with Crippen LogP contribution in [0.15, 0.2) is 21.9 Å². The maximum atomic E-state index is 12.6. The molecule has 1 amide bonds. The Hall–Kier alpha value is -1.72. The molecule has 2 aromatic rings. The zero-order valence-corrected chi connectivity index (χ0v) is 18.7. The molecule has 1 atom stereocenters. The van der Waals surface area contributed by atoms with E-state index < -0.39 is 15.6 Å². The molecule has 0 spiro atoms. The summed E-state index contributed by atoms with van der Waals surface area (Å²) in [6.07, 6.45) is 1.98. The molecule has 0 saturated carbocycles. The number of carbonyl (C=O) groups excluding carboxylic acids is 1. The van der Waals surface area contributed by atoms with Crippen molar-refractivity contribution in [1.29, 1.82) is 0 Å². The third kappa shape index (κ3) is 4.81. The Morgan fingerprint density at radius 3 is 2.82 bits per heavy atom. The summed E-state index contributed by atoms with van der Waals surface area (Å²) >= 11 is 3.36. The highest BCUT2D eigenvalue weighted by Gasteiger charge is 2.31. The minimum Gasteiger partial charge on any atom is -0.444 e. The topological polar surface area (TPSA) is 106 Å². The van der Waals surface area contributed by atoms with E-state index in [-0.39, 0.29) is 23.7 Å². The number of pyridine rings is 1. The summed E-state index contributed by atoms with van der Waals surface area (Å²) < 4.78 is 35.3. The van der Waals surface area contributed by atoms with Crippen molar-refractivity contribution < 1.29 is 17.9 Å². The molecular formula is C17H24BrN5O4S. The van der Waals surface area contributed by atoms with Crippen LogP contribution in [0.1, 0.15) is 32.8 Å². The van der Waals surface area contributed by atoms with Gasteiger partial charge in [-0.1, -0.05) is 0 Å². The standard InChI is InChI=1S/C17H24BrN5O4S/c1-11-7-13(18)10-23-14(11)20-15(21-23)28(25,26)19-8-12-5-6-22(9-12)16(24)27-17(2,3)4/h7,10,12,19H,5-6,8-9H2,1-4H3. The second-order valence-corrected chi connectivity index (χ2v) is 10.5. The molecule has 1 unspecified atom stereocenters. The Kier molecular flexibility index (Phi) is 5.70. The Bertz CT molecular complexity index is 999. The highest BCUT2D eigenvalue weighted by atomic mass is 79.9. The van der Waals surface area contributed by atoms with E-state index in [4.69, 9.17) is 4.74 Å².